The molecule has 0 atom stereocenters. The van der Waals surface area contributed by atoms with E-state index in [0.717, 1.165) is 17.3 Å². The van der Waals surface area contributed by atoms with Gasteiger partial charge in [0.1, 0.15) is 6.07 Å². The molecular weight excluding hydrogens is 268 g/mol. The molecule has 3 nitrogen and oxygen atoms in total. The number of halogens is 1. The number of nitriles is 1. The molecule has 4 heteroatoms. The lowest BCUT2D eigenvalue weighted by atomic mass is 10.1. The van der Waals surface area contributed by atoms with Crippen LogP contribution >= 0.6 is 15.9 Å². The van der Waals surface area contributed by atoms with Crippen molar-refractivity contribution in [1.82, 2.24) is 0 Å². The van der Waals surface area contributed by atoms with Crippen LogP contribution in [0.5, 0.6) is 0 Å². The molecule has 0 saturated heterocycles. The first kappa shape index (κ1) is 11.2. The highest BCUT2D eigenvalue weighted by atomic mass is 79.9. The van der Waals surface area contributed by atoms with Crippen LogP contribution in [0.2, 0.25) is 0 Å². The van der Waals surface area contributed by atoms with E-state index in [0.29, 0.717) is 11.3 Å². The first-order chi connectivity index (χ1) is 7.55. The van der Waals surface area contributed by atoms with E-state index in [1.165, 1.54) is 0 Å². The molecule has 1 saturated carbocycles. The molecule has 1 amide bonds. The lowest BCUT2D eigenvalue weighted by Crippen LogP contribution is -2.21. The molecule has 0 aliphatic heterocycles. The van der Waals surface area contributed by atoms with E-state index in [-0.39, 0.29) is 11.3 Å². The Hall–Kier alpha value is -1.34. The fourth-order valence-electron chi connectivity index (χ4n) is 1.41. The third-order valence-electron chi connectivity index (χ3n) is 2.90. The van der Waals surface area contributed by atoms with E-state index < -0.39 is 0 Å². The van der Waals surface area contributed by atoms with Crippen molar-refractivity contribution < 1.29 is 4.79 Å². The van der Waals surface area contributed by atoms with Gasteiger partial charge in [-0.15, -0.1) is 0 Å². The summed E-state index contributed by atoms with van der Waals surface area (Å²) in [6.07, 6.45) is 1.86. The largest absolute Gasteiger partial charge is 0.324 e. The molecule has 1 fully saturated rings. The van der Waals surface area contributed by atoms with Gasteiger partial charge in [0.05, 0.1) is 11.3 Å². The van der Waals surface area contributed by atoms with Gasteiger partial charge in [0, 0.05) is 9.89 Å². The minimum absolute atomic E-state index is 0.00585. The van der Waals surface area contributed by atoms with Crippen LogP contribution in [0.3, 0.4) is 0 Å². The van der Waals surface area contributed by atoms with Gasteiger partial charge < -0.3 is 5.32 Å². The predicted octanol–water partition coefficient (Wildman–Crippen LogP) is 3.06. The van der Waals surface area contributed by atoms with Crippen molar-refractivity contribution >= 4 is 27.5 Å². The van der Waals surface area contributed by atoms with E-state index in [2.05, 4.69) is 27.3 Å². The van der Waals surface area contributed by atoms with Gasteiger partial charge >= 0.3 is 0 Å². The Morgan fingerprint density at radius 3 is 2.81 bits per heavy atom. The summed E-state index contributed by atoms with van der Waals surface area (Å²) in [6, 6.07) is 7.32. The Balaban J connectivity index is 2.22. The van der Waals surface area contributed by atoms with Gasteiger partial charge in [-0.3, -0.25) is 4.79 Å². The summed E-state index contributed by atoms with van der Waals surface area (Å²) >= 11 is 3.29. The topological polar surface area (TPSA) is 52.9 Å². The number of hydrogen-bond acceptors (Lipinski definition) is 2. The number of hydrogen-bond donors (Lipinski definition) is 1. The molecule has 1 aliphatic rings. The number of benzene rings is 1. The highest BCUT2D eigenvalue weighted by Gasteiger charge is 2.44. The summed E-state index contributed by atoms with van der Waals surface area (Å²) in [5, 5.41) is 11.8. The quantitative estimate of drug-likeness (QED) is 0.904. The Morgan fingerprint density at radius 2 is 2.25 bits per heavy atom. The maximum absolute atomic E-state index is 11.8. The third kappa shape index (κ3) is 2.10. The summed E-state index contributed by atoms with van der Waals surface area (Å²) in [7, 11) is 0. The molecule has 0 aromatic heterocycles. The summed E-state index contributed by atoms with van der Waals surface area (Å²) in [4.78, 5) is 11.8. The average molecular weight is 279 g/mol. The van der Waals surface area contributed by atoms with Crippen molar-refractivity contribution in [2.75, 3.05) is 5.32 Å². The van der Waals surface area contributed by atoms with E-state index >= 15 is 0 Å². The smallest absolute Gasteiger partial charge is 0.230 e. The van der Waals surface area contributed by atoms with Gasteiger partial charge in [-0.1, -0.05) is 22.9 Å². The van der Waals surface area contributed by atoms with Gasteiger partial charge in [0.15, 0.2) is 0 Å². The normalized spacial score (nSPS) is 16.3. The van der Waals surface area contributed by atoms with Crippen molar-refractivity contribution in [1.29, 1.82) is 5.26 Å². The van der Waals surface area contributed by atoms with Gasteiger partial charge in [-0.25, -0.2) is 0 Å². The van der Waals surface area contributed by atoms with Crippen LogP contribution in [-0.4, -0.2) is 5.91 Å². The second kappa shape index (κ2) is 3.91. The van der Waals surface area contributed by atoms with Gasteiger partial charge in [-0.2, -0.15) is 5.26 Å². The van der Waals surface area contributed by atoms with Crippen LogP contribution in [0.1, 0.15) is 25.3 Å². The Morgan fingerprint density at radius 1 is 1.56 bits per heavy atom. The fraction of sp³-hybridized carbons (Fsp3) is 0.333. The van der Waals surface area contributed by atoms with Gasteiger partial charge in [0.25, 0.3) is 0 Å². The highest BCUT2D eigenvalue weighted by Crippen LogP contribution is 2.45. The second-order valence-electron chi connectivity index (χ2n) is 4.32. The van der Waals surface area contributed by atoms with Gasteiger partial charge in [0.2, 0.25) is 5.91 Å². The molecule has 2 rings (SSSR count). The SMILES string of the molecule is CC1(C(=O)Nc2ccc(Br)cc2C#N)CC1. The van der Waals surface area contributed by atoms with E-state index in [1.54, 1.807) is 12.1 Å². The number of nitrogens with zero attached hydrogens (tertiary/aromatic N) is 1. The van der Waals surface area contributed by atoms with Crippen molar-refractivity contribution in [3.8, 4) is 6.07 Å². The molecule has 1 aliphatic carbocycles. The zero-order valence-corrected chi connectivity index (χ0v) is 10.5. The molecule has 1 aromatic rings. The number of rotatable bonds is 2. The average Bonchev–Trinajstić information content (AvgIpc) is 3.00. The monoisotopic (exact) mass is 278 g/mol. The molecule has 0 unspecified atom stereocenters. The van der Waals surface area contributed by atoms with Crippen LogP contribution in [0.15, 0.2) is 22.7 Å². The third-order valence-corrected chi connectivity index (χ3v) is 3.39. The Kier molecular flexibility index (Phi) is 2.73. The first-order valence-corrected chi connectivity index (χ1v) is 5.85. The number of carbonyl (C=O) groups is 1. The van der Waals surface area contributed by atoms with Crippen molar-refractivity contribution in [2.24, 2.45) is 5.41 Å². The summed E-state index contributed by atoms with van der Waals surface area (Å²) in [6.45, 7) is 1.94. The minimum Gasteiger partial charge on any atom is -0.324 e. The molecule has 0 bridgehead atoms. The molecule has 0 heterocycles. The minimum atomic E-state index is -0.222. The van der Waals surface area contributed by atoms with Crippen molar-refractivity contribution in [2.45, 2.75) is 19.8 Å². The summed E-state index contributed by atoms with van der Waals surface area (Å²) in [5.74, 6) is 0.00585. The number of carbonyl (C=O) groups excluding carboxylic acids is 1. The lowest BCUT2D eigenvalue weighted by Gasteiger charge is -2.11. The Labute approximate surface area is 103 Å². The zero-order valence-electron chi connectivity index (χ0n) is 8.88. The molecular formula is C12H11BrN2O. The zero-order chi connectivity index (χ0) is 11.8. The summed E-state index contributed by atoms with van der Waals surface area (Å²) in [5.41, 5.74) is 0.843. The number of anilines is 1. The van der Waals surface area contributed by atoms with Crippen LogP contribution in [0, 0.1) is 16.7 Å². The van der Waals surface area contributed by atoms with E-state index in [1.807, 2.05) is 13.0 Å². The summed E-state index contributed by atoms with van der Waals surface area (Å²) < 4.78 is 0.833. The lowest BCUT2D eigenvalue weighted by molar-refractivity contribution is -0.120. The molecule has 16 heavy (non-hydrogen) atoms. The Bertz CT molecular complexity index is 486. The second-order valence-corrected chi connectivity index (χ2v) is 5.23. The molecule has 82 valence electrons. The molecule has 0 spiro atoms. The van der Waals surface area contributed by atoms with Gasteiger partial charge in [-0.05, 0) is 31.0 Å². The van der Waals surface area contributed by atoms with Crippen LogP contribution in [-0.2, 0) is 4.79 Å². The van der Waals surface area contributed by atoms with Crippen molar-refractivity contribution in [3.05, 3.63) is 28.2 Å². The highest BCUT2D eigenvalue weighted by molar-refractivity contribution is 9.10. The predicted molar refractivity (Wildman–Crippen MR) is 64.8 cm³/mol. The molecule has 1 N–H and O–H groups in total. The fourth-order valence-corrected chi connectivity index (χ4v) is 1.77. The van der Waals surface area contributed by atoms with Crippen LogP contribution < -0.4 is 5.32 Å². The number of nitrogens with one attached hydrogen (secondary N) is 1. The standard InChI is InChI=1S/C12H11BrN2O/c1-12(4-5-12)11(16)15-10-3-2-9(13)6-8(10)7-14/h2-3,6H,4-5H2,1H3,(H,15,16). The maximum atomic E-state index is 11.8. The van der Waals surface area contributed by atoms with Crippen molar-refractivity contribution in [3.63, 3.8) is 0 Å². The van der Waals surface area contributed by atoms with E-state index in [9.17, 15) is 4.79 Å². The number of amides is 1. The van der Waals surface area contributed by atoms with Crippen LogP contribution in [0.4, 0.5) is 5.69 Å². The molecule has 1 aromatic carbocycles. The maximum Gasteiger partial charge on any atom is 0.230 e. The van der Waals surface area contributed by atoms with Crippen LogP contribution in [0.25, 0.3) is 0 Å². The first-order valence-electron chi connectivity index (χ1n) is 5.06. The van der Waals surface area contributed by atoms with E-state index in [4.69, 9.17) is 5.26 Å². The molecule has 0 radical (unpaired) electrons.